The summed E-state index contributed by atoms with van der Waals surface area (Å²) in [5.74, 6) is -0.0962. The molecular formula is C16H17N3O3. The Morgan fingerprint density at radius 1 is 1.41 bits per heavy atom. The molecule has 0 radical (unpaired) electrons. The van der Waals surface area contributed by atoms with Crippen LogP contribution >= 0.6 is 0 Å². The van der Waals surface area contributed by atoms with Gasteiger partial charge in [0.2, 0.25) is 5.95 Å². The zero-order valence-electron chi connectivity index (χ0n) is 12.1. The number of nitrogens with zero attached hydrogens (tertiary/aromatic N) is 2. The monoisotopic (exact) mass is 299 g/mol. The highest BCUT2D eigenvalue weighted by Gasteiger charge is 2.55. The number of aromatic nitrogens is 2. The lowest BCUT2D eigenvalue weighted by Crippen LogP contribution is -2.36. The van der Waals surface area contributed by atoms with Crippen molar-refractivity contribution < 1.29 is 9.90 Å². The Kier molecular flexibility index (Phi) is 2.76. The first-order chi connectivity index (χ1) is 10.6. The van der Waals surface area contributed by atoms with Crippen molar-refractivity contribution in [3.63, 3.8) is 0 Å². The summed E-state index contributed by atoms with van der Waals surface area (Å²) in [4.78, 5) is 33.2. The maximum atomic E-state index is 12.2. The first kappa shape index (κ1) is 13.3. The molecule has 1 aromatic heterocycles. The van der Waals surface area contributed by atoms with E-state index in [0.717, 1.165) is 12.8 Å². The molecule has 1 saturated carbocycles. The molecule has 2 aliphatic rings. The number of hydrogen-bond donors (Lipinski definition) is 2. The minimum atomic E-state index is -0.722. The Morgan fingerprint density at radius 2 is 2.23 bits per heavy atom. The fraction of sp³-hybridized carbons (Fsp3) is 0.438. The Bertz CT molecular complexity index is 816. The summed E-state index contributed by atoms with van der Waals surface area (Å²) in [6.07, 6.45) is 2.61. The molecule has 6 nitrogen and oxygen atoms in total. The van der Waals surface area contributed by atoms with Gasteiger partial charge in [-0.15, -0.1) is 0 Å². The van der Waals surface area contributed by atoms with Gasteiger partial charge in [0.15, 0.2) is 0 Å². The maximum Gasteiger partial charge on any atom is 0.311 e. The van der Waals surface area contributed by atoms with E-state index in [1.54, 1.807) is 18.2 Å². The van der Waals surface area contributed by atoms with Crippen LogP contribution in [0.15, 0.2) is 29.1 Å². The fourth-order valence-corrected chi connectivity index (χ4v) is 4.02. The Morgan fingerprint density at radius 3 is 3.00 bits per heavy atom. The van der Waals surface area contributed by atoms with Gasteiger partial charge in [-0.2, -0.15) is 0 Å². The van der Waals surface area contributed by atoms with Crippen LogP contribution < -0.4 is 10.5 Å². The molecule has 2 N–H and O–H groups in total. The summed E-state index contributed by atoms with van der Waals surface area (Å²) in [5, 5.41) is 10.2. The second-order valence-electron chi connectivity index (χ2n) is 6.34. The van der Waals surface area contributed by atoms with E-state index in [4.69, 9.17) is 0 Å². The lowest BCUT2D eigenvalue weighted by molar-refractivity contribution is -0.149. The molecule has 1 aliphatic heterocycles. The van der Waals surface area contributed by atoms with Crippen molar-refractivity contribution in [3.8, 4) is 0 Å². The van der Waals surface area contributed by atoms with E-state index in [9.17, 15) is 14.7 Å². The number of anilines is 1. The molecule has 2 fully saturated rings. The van der Waals surface area contributed by atoms with Gasteiger partial charge in [0.25, 0.3) is 5.56 Å². The van der Waals surface area contributed by atoms with Crippen LogP contribution in [-0.2, 0) is 4.79 Å². The average Bonchev–Trinajstić information content (AvgIpc) is 3.05. The number of rotatable bonds is 2. The molecular weight excluding hydrogens is 282 g/mol. The lowest BCUT2D eigenvalue weighted by atomic mass is 9.81. The van der Waals surface area contributed by atoms with Gasteiger partial charge >= 0.3 is 5.97 Å². The third-order valence-electron chi connectivity index (χ3n) is 5.20. The molecule has 0 amide bonds. The van der Waals surface area contributed by atoms with Gasteiger partial charge < -0.3 is 10.0 Å². The minimum absolute atomic E-state index is 0.141. The molecule has 2 aromatic rings. The number of para-hydroxylation sites is 1. The summed E-state index contributed by atoms with van der Waals surface area (Å²) in [5.41, 5.74) is -0.214. The predicted molar refractivity (Wildman–Crippen MR) is 82.0 cm³/mol. The highest BCUT2D eigenvalue weighted by molar-refractivity contribution is 5.79. The Labute approximate surface area is 126 Å². The van der Waals surface area contributed by atoms with E-state index in [1.807, 2.05) is 11.0 Å². The van der Waals surface area contributed by atoms with E-state index in [2.05, 4.69) is 9.97 Å². The highest BCUT2D eigenvalue weighted by Crippen LogP contribution is 2.49. The van der Waals surface area contributed by atoms with Crippen LogP contribution in [0.3, 0.4) is 0 Å². The molecule has 0 unspecified atom stereocenters. The average molecular weight is 299 g/mol. The van der Waals surface area contributed by atoms with Crippen LogP contribution in [0, 0.1) is 11.3 Å². The minimum Gasteiger partial charge on any atom is -0.481 e. The van der Waals surface area contributed by atoms with Gasteiger partial charge in [-0.3, -0.25) is 14.6 Å². The predicted octanol–water partition coefficient (Wildman–Crippen LogP) is 1.61. The quantitative estimate of drug-likeness (QED) is 0.880. The number of H-pyrrole nitrogens is 1. The molecule has 1 aromatic carbocycles. The molecule has 1 aliphatic carbocycles. The number of hydrogen-bond acceptors (Lipinski definition) is 4. The van der Waals surface area contributed by atoms with Crippen molar-refractivity contribution in [2.45, 2.75) is 19.3 Å². The van der Waals surface area contributed by atoms with Gasteiger partial charge in [0.05, 0.1) is 16.3 Å². The Balaban J connectivity index is 1.75. The molecule has 4 rings (SSSR count). The van der Waals surface area contributed by atoms with Crippen molar-refractivity contribution in [2.24, 2.45) is 11.3 Å². The largest absolute Gasteiger partial charge is 0.481 e. The van der Waals surface area contributed by atoms with Crippen molar-refractivity contribution in [1.82, 2.24) is 9.97 Å². The SMILES string of the molecule is O=C(O)[C@@]12CCC[C@H]1CN(c1nc3ccccc3c(=O)[nH]1)C2. The van der Waals surface area contributed by atoms with Crippen molar-refractivity contribution >= 4 is 22.8 Å². The van der Waals surface area contributed by atoms with E-state index in [1.165, 1.54) is 0 Å². The summed E-state index contributed by atoms with van der Waals surface area (Å²) in [6.45, 7) is 1.07. The number of carboxylic acid groups (broad SMARTS) is 1. The molecule has 6 heteroatoms. The first-order valence-corrected chi connectivity index (χ1v) is 7.57. The smallest absolute Gasteiger partial charge is 0.311 e. The number of benzene rings is 1. The molecule has 2 atom stereocenters. The van der Waals surface area contributed by atoms with Gasteiger partial charge in [-0.05, 0) is 30.9 Å². The van der Waals surface area contributed by atoms with Gasteiger partial charge in [-0.25, -0.2) is 4.98 Å². The van der Waals surface area contributed by atoms with Crippen LogP contribution in [0.2, 0.25) is 0 Å². The van der Waals surface area contributed by atoms with Crippen molar-refractivity contribution in [2.75, 3.05) is 18.0 Å². The van der Waals surface area contributed by atoms with E-state index >= 15 is 0 Å². The number of aromatic amines is 1. The maximum absolute atomic E-state index is 12.2. The second-order valence-corrected chi connectivity index (χ2v) is 6.34. The van der Waals surface area contributed by atoms with E-state index < -0.39 is 11.4 Å². The normalized spacial score (nSPS) is 27.3. The fourth-order valence-electron chi connectivity index (χ4n) is 4.02. The topological polar surface area (TPSA) is 86.3 Å². The van der Waals surface area contributed by atoms with Gasteiger partial charge in [0.1, 0.15) is 0 Å². The molecule has 2 heterocycles. The number of carboxylic acids is 1. The highest BCUT2D eigenvalue weighted by atomic mass is 16.4. The van der Waals surface area contributed by atoms with Crippen molar-refractivity contribution in [3.05, 3.63) is 34.6 Å². The standard InChI is InChI=1S/C16H17N3O3/c20-13-11-5-1-2-6-12(11)17-15(18-13)19-8-10-4-3-7-16(10,9-19)14(21)22/h1-2,5-6,10H,3-4,7-9H2,(H,21,22)(H,17,18,20)/t10-,16+/m0/s1. The van der Waals surface area contributed by atoms with Crippen LogP contribution in [0.4, 0.5) is 5.95 Å². The molecule has 1 saturated heterocycles. The third kappa shape index (κ3) is 1.76. The summed E-state index contributed by atoms with van der Waals surface area (Å²) in [6, 6.07) is 7.19. The van der Waals surface area contributed by atoms with Crippen LogP contribution in [0.25, 0.3) is 10.9 Å². The van der Waals surface area contributed by atoms with Gasteiger partial charge in [-0.1, -0.05) is 18.6 Å². The third-order valence-corrected chi connectivity index (χ3v) is 5.20. The van der Waals surface area contributed by atoms with Gasteiger partial charge in [0, 0.05) is 13.1 Å². The number of carbonyl (C=O) groups is 1. The van der Waals surface area contributed by atoms with E-state index in [0.29, 0.717) is 36.4 Å². The molecule has 0 bridgehead atoms. The molecule has 0 spiro atoms. The number of nitrogens with one attached hydrogen (secondary N) is 1. The number of fused-ring (bicyclic) bond motifs is 2. The van der Waals surface area contributed by atoms with Crippen molar-refractivity contribution in [1.29, 1.82) is 0 Å². The summed E-state index contributed by atoms with van der Waals surface area (Å²) < 4.78 is 0. The van der Waals surface area contributed by atoms with Crippen LogP contribution in [-0.4, -0.2) is 34.1 Å². The lowest BCUT2D eigenvalue weighted by Gasteiger charge is -2.23. The zero-order valence-corrected chi connectivity index (χ0v) is 12.1. The molecule has 114 valence electrons. The zero-order chi connectivity index (χ0) is 15.3. The first-order valence-electron chi connectivity index (χ1n) is 7.57. The summed E-state index contributed by atoms with van der Waals surface area (Å²) in [7, 11) is 0. The molecule has 22 heavy (non-hydrogen) atoms. The van der Waals surface area contributed by atoms with Crippen LogP contribution in [0.5, 0.6) is 0 Å². The van der Waals surface area contributed by atoms with Crippen LogP contribution in [0.1, 0.15) is 19.3 Å². The Hall–Kier alpha value is -2.37. The second kappa shape index (κ2) is 4.56. The van der Waals surface area contributed by atoms with E-state index in [-0.39, 0.29) is 11.5 Å². The summed E-state index contributed by atoms with van der Waals surface area (Å²) >= 11 is 0. The number of aliphatic carboxylic acids is 1.